The Bertz CT molecular complexity index is 777. The number of nitrogens with one attached hydrogen (secondary N) is 1. The van der Waals surface area contributed by atoms with Crippen LogP contribution in [0.2, 0.25) is 0 Å². The second kappa shape index (κ2) is 5.88. The van der Waals surface area contributed by atoms with Crippen LogP contribution in [0.1, 0.15) is 47.9 Å². The third-order valence-electron chi connectivity index (χ3n) is 4.48. The van der Waals surface area contributed by atoms with E-state index in [1.807, 2.05) is 18.3 Å². The van der Waals surface area contributed by atoms with Gasteiger partial charge in [-0.3, -0.25) is 0 Å². The fraction of sp³-hybridized carbons (Fsp3) is 0.300. The second-order valence-electron chi connectivity index (χ2n) is 6.16. The zero-order valence-electron chi connectivity index (χ0n) is 13.5. The molecule has 3 aromatic rings. The Balaban J connectivity index is 2.13. The van der Waals surface area contributed by atoms with Crippen molar-refractivity contribution >= 4 is 10.9 Å². The molecule has 0 aliphatic carbocycles. The maximum absolute atomic E-state index is 9.81. The highest BCUT2D eigenvalue weighted by molar-refractivity contribution is 5.80. The van der Waals surface area contributed by atoms with E-state index in [-0.39, 0.29) is 0 Å². The van der Waals surface area contributed by atoms with Crippen molar-refractivity contribution in [3.63, 3.8) is 0 Å². The number of phenolic OH excluding ortho intramolecular Hbond substituents is 1. The normalized spacial score (nSPS) is 12.7. The van der Waals surface area contributed by atoms with Gasteiger partial charge < -0.3 is 10.1 Å². The van der Waals surface area contributed by atoms with Gasteiger partial charge in [-0.2, -0.15) is 0 Å². The van der Waals surface area contributed by atoms with E-state index < -0.39 is 0 Å². The largest absolute Gasteiger partial charge is 0.508 e. The second-order valence-corrected chi connectivity index (χ2v) is 6.16. The summed E-state index contributed by atoms with van der Waals surface area (Å²) in [4.78, 5) is 3.25. The van der Waals surface area contributed by atoms with Crippen LogP contribution in [0.25, 0.3) is 10.9 Å². The van der Waals surface area contributed by atoms with E-state index in [1.165, 1.54) is 33.2 Å². The van der Waals surface area contributed by atoms with Gasteiger partial charge in [0.2, 0.25) is 0 Å². The summed E-state index contributed by atoms with van der Waals surface area (Å²) in [6.07, 6.45) is 4.23. The summed E-state index contributed by atoms with van der Waals surface area (Å²) >= 11 is 0. The number of benzene rings is 2. The standard InChI is InChI=1S/C20H23NO/c1-4-5-18(20-13(2)10-17(22)11-14(20)3)15-6-7-19-16(12-15)8-9-21-19/h6-12,18,21-22H,4-5H2,1-3H3. The van der Waals surface area contributed by atoms with Crippen LogP contribution in [0.4, 0.5) is 0 Å². The van der Waals surface area contributed by atoms with Crippen molar-refractivity contribution < 1.29 is 5.11 Å². The van der Waals surface area contributed by atoms with Crippen molar-refractivity contribution in [1.82, 2.24) is 4.98 Å². The Morgan fingerprint density at radius 2 is 1.77 bits per heavy atom. The lowest BCUT2D eigenvalue weighted by Gasteiger charge is -2.22. The molecule has 0 saturated carbocycles. The average Bonchev–Trinajstić information content (AvgIpc) is 2.92. The van der Waals surface area contributed by atoms with Crippen LogP contribution in [0, 0.1) is 13.8 Å². The Hall–Kier alpha value is -2.22. The maximum Gasteiger partial charge on any atom is 0.116 e. The summed E-state index contributed by atoms with van der Waals surface area (Å²) in [5.41, 5.74) is 6.23. The Labute approximate surface area is 131 Å². The maximum atomic E-state index is 9.81. The molecule has 0 aliphatic rings. The van der Waals surface area contributed by atoms with E-state index in [1.54, 1.807) is 0 Å². The zero-order valence-corrected chi connectivity index (χ0v) is 13.5. The third-order valence-corrected chi connectivity index (χ3v) is 4.48. The van der Waals surface area contributed by atoms with Crippen LogP contribution in [0.3, 0.4) is 0 Å². The molecule has 1 unspecified atom stereocenters. The van der Waals surface area contributed by atoms with Gasteiger partial charge in [0, 0.05) is 17.6 Å². The van der Waals surface area contributed by atoms with Crippen LogP contribution in [0.5, 0.6) is 5.75 Å². The number of fused-ring (bicyclic) bond motifs is 1. The van der Waals surface area contributed by atoms with Gasteiger partial charge in [-0.25, -0.2) is 0 Å². The molecule has 0 spiro atoms. The molecule has 0 amide bonds. The highest BCUT2D eigenvalue weighted by Gasteiger charge is 2.19. The quantitative estimate of drug-likeness (QED) is 0.661. The lowest BCUT2D eigenvalue weighted by molar-refractivity contribution is 0.473. The molecule has 1 heterocycles. The molecule has 0 fully saturated rings. The van der Waals surface area contributed by atoms with Crippen molar-refractivity contribution in [2.24, 2.45) is 0 Å². The van der Waals surface area contributed by atoms with E-state index >= 15 is 0 Å². The molecule has 2 N–H and O–H groups in total. The van der Waals surface area contributed by atoms with Crippen molar-refractivity contribution in [3.8, 4) is 5.75 Å². The van der Waals surface area contributed by atoms with Crippen LogP contribution < -0.4 is 0 Å². The number of rotatable bonds is 4. The fourth-order valence-electron chi connectivity index (χ4n) is 3.56. The van der Waals surface area contributed by atoms with Crippen molar-refractivity contribution in [1.29, 1.82) is 0 Å². The Kier molecular flexibility index (Phi) is 3.93. The fourth-order valence-corrected chi connectivity index (χ4v) is 3.56. The first kappa shape index (κ1) is 14.7. The number of aryl methyl sites for hydroxylation is 2. The average molecular weight is 293 g/mol. The Morgan fingerprint density at radius 3 is 2.45 bits per heavy atom. The number of aromatic amines is 1. The first-order chi connectivity index (χ1) is 10.6. The molecule has 22 heavy (non-hydrogen) atoms. The summed E-state index contributed by atoms with van der Waals surface area (Å²) in [5.74, 6) is 0.736. The van der Waals surface area contributed by atoms with Gasteiger partial charge in [0.05, 0.1) is 0 Å². The topological polar surface area (TPSA) is 36.0 Å². The zero-order chi connectivity index (χ0) is 15.7. The molecular formula is C20H23NO. The summed E-state index contributed by atoms with van der Waals surface area (Å²) < 4.78 is 0. The molecule has 2 nitrogen and oxygen atoms in total. The van der Waals surface area contributed by atoms with Crippen LogP contribution in [-0.4, -0.2) is 10.1 Å². The van der Waals surface area contributed by atoms with Crippen molar-refractivity contribution in [2.75, 3.05) is 0 Å². The van der Waals surface area contributed by atoms with E-state index in [0.29, 0.717) is 11.7 Å². The molecule has 114 valence electrons. The van der Waals surface area contributed by atoms with Gasteiger partial charge in [0.1, 0.15) is 5.75 Å². The first-order valence-corrected chi connectivity index (χ1v) is 7.97. The minimum atomic E-state index is 0.357. The highest BCUT2D eigenvalue weighted by atomic mass is 16.3. The molecule has 0 radical (unpaired) electrons. The highest BCUT2D eigenvalue weighted by Crippen LogP contribution is 2.36. The number of H-pyrrole nitrogens is 1. The number of aromatic nitrogens is 1. The molecule has 3 rings (SSSR count). The van der Waals surface area contributed by atoms with E-state index in [9.17, 15) is 5.11 Å². The van der Waals surface area contributed by atoms with E-state index in [0.717, 1.165) is 12.8 Å². The van der Waals surface area contributed by atoms with Crippen molar-refractivity contribution in [3.05, 3.63) is 64.8 Å². The summed E-state index contributed by atoms with van der Waals surface area (Å²) in [7, 11) is 0. The minimum Gasteiger partial charge on any atom is -0.508 e. The van der Waals surface area contributed by atoms with Gasteiger partial charge >= 0.3 is 0 Å². The lowest BCUT2D eigenvalue weighted by Crippen LogP contribution is -2.05. The molecule has 2 heteroatoms. The van der Waals surface area contributed by atoms with Gasteiger partial charge in [0.25, 0.3) is 0 Å². The molecule has 1 aromatic heterocycles. The molecule has 0 bridgehead atoms. The monoisotopic (exact) mass is 293 g/mol. The predicted molar refractivity (Wildman–Crippen MR) is 92.6 cm³/mol. The SMILES string of the molecule is CCCC(c1ccc2[nH]ccc2c1)c1c(C)cc(O)cc1C. The third kappa shape index (κ3) is 2.61. The molecule has 2 aromatic carbocycles. The van der Waals surface area contributed by atoms with Gasteiger partial charge in [-0.1, -0.05) is 19.4 Å². The molecule has 0 aliphatic heterocycles. The van der Waals surface area contributed by atoms with Gasteiger partial charge in [0.15, 0.2) is 0 Å². The number of aromatic hydroxyl groups is 1. The number of phenols is 1. The van der Waals surface area contributed by atoms with Crippen LogP contribution in [0.15, 0.2) is 42.6 Å². The van der Waals surface area contributed by atoms with E-state index in [2.05, 4.69) is 50.0 Å². The number of hydrogen-bond acceptors (Lipinski definition) is 1. The smallest absolute Gasteiger partial charge is 0.116 e. The van der Waals surface area contributed by atoms with E-state index in [4.69, 9.17) is 0 Å². The minimum absolute atomic E-state index is 0.357. The summed E-state index contributed by atoms with van der Waals surface area (Å²) in [6, 6.07) is 12.6. The van der Waals surface area contributed by atoms with Crippen molar-refractivity contribution in [2.45, 2.75) is 39.5 Å². The summed E-state index contributed by atoms with van der Waals surface area (Å²) in [5, 5.41) is 11.1. The Morgan fingerprint density at radius 1 is 1.05 bits per heavy atom. The molecular weight excluding hydrogens is 270 g/mol. The molecule has 0 saturated heterocycles. The van der Waals surface area contributed by atoms with Gasteiger partial charge in [-0.05, 0) is 78.2 Å². The van der Waals surface area contributed by atoms with Crippen LogP contribution >= 0.6 is 0 Å². The summed E-state index contributed by atoms with van der Waals surface area (Å²) in [6.45, 7) is 6.42. The predicted octanol–water partition coefficient (Wildman–Crippen LogP) is 5.42. The van der Waals surface area contributed by atoms with Crippen LogP contribution in [-0.2, 0) is 0 Å². The first-order valence-electron chi connectivity index (χ1n) is 7.97. The van der Waals surface area contributed by atoms with Gasteiger partial charge in [-0.15, -0.1) is 0 Å². The lowest BCUT2D eigenvalue weighted by atomic mass is 9.82. The molecule has 1 atom stereocenters. The number of hydrogen-bond donors (Lipinski definition) is 2.